The molecule has 1 saturated carbocycles. The molecule has 0 unspecified atom stereocenters. The van der Waals surface area contributed by atoms with Gasteiger partial charge in [0.2, 0.25) is 0 Å². The van der Waals surface area contributed by atoms with E-state index in [0.717, 1.165) is 19.3 Å². The van der Waals surface area contributed by atoms with Crippen LogP contribution in [-0.4, -0.2) is 17.1 Å². The normalized spacial score (nSPS) is 14.8. The molecule has 2 aromatic carbocycles. The minimum absolute atomic E-state index is 0.134. The summed E-state index contributed by atoms with van der Waals surface area (Å²) in [7, 11) is 0. The van der Waals surface area contributed by atoms with Gasteiger partial charge in [-0.3, -0.25) is 9.59 Å². The Labute approximate surface area is 179 Å². The summed E-state index contributed by atoms with van der Waals surface area (Å²) in [4.78, 5) is 26.4. The van der Waals surface area contributed by atoms with E-state index in [1.165, 1.54) is 28.9 Å². The Bertz CT molecular complexity index is 1200. The Kier molecular flexibility index (Phi) is 5.76. The first-order valence-electron chi connectivity index (χ1n) is 10.6. The van der Waals surface area contributed by atoms with Gasteiger partial charge < -0.3 is 10.7 Å². The van der Waals surface area contributed by atoms with E-state index in [0.29, 0.717) is 17.8 Å². The number of hydrogen-bond acceptors (Lipinski definition) is 3. The molecule has 7 heteroatoms. The van der Waals surface area contributed by atoms with E-state index >= 15 is 0 Å². The van der Waals surface area contributed by atoms with Gasteiger partial charge in [0.1, 0.15) is 11.6 Å². The first-order valence-corrected chi connectivity index (χ1v) is 10.6. The SMILES string of the molecule is CCNn1c(C)c(C(=O)N[C@H](c2cccc(F)c2)C2CCC2)c2cccc([18F])c2c1=O. The molecule has 4 rings (SSSR count). The Hall–Kier alpha value is -3.22. The Morgan fingerprint density at radius 1 is 1.19 bits per heavy atom. The van der Waals surface area contributed by atoms with Crippen LogP contribution in [0.25, 0.3) is 10.8 Å². The van der Waals surface area contributed by atoms with Gasteiger partial charge in [-0.05, 0) is 56.4 Å². The van der Waals surface area contributed by atoms with Gasteiger partial charge in [-0.25, -0.2) is 13.5 Å². The van der Waals surface area contributed by atoms with E-state index in [-0.39, 0.29) is 34.1 Å². The predicted octanol–water partition coefficient (Wildman–Crippen LogP) is 4.42. The summed E-state index contributed by atoms with van der Waals surface area (Å²) in [6.07, 6.45) is 2.93. The van der Waals surface area contributed by atoms with Crippen LogP contribution in [0.5, 0.6) is 0 Å². The van der Waals surface area contributed by atoms with E-state index in [1.807, 2.05) is 6.92 Å². The highest BCUT2D eigenvalue weighted by Gasteiger charge is 2.31. The monoisotopic (exact) mass is 424 g/mol. The lowest BCUT2D eigenvalue weighted by molar-refractivity contribution is 0.0900. The van der Waals surface area contributed by atoms with E-state index in [4.69, 9.17) is 0 Å². The number of carbonyl (C=O) groups excluding carboxylic acids is 1. The van der Waals surface area contributed by atoms with Crippen molar-refractivity contribution < 1.29 is 13.6 Å². The van der Waals surface area contributed by atoms with E-state index < -0.39 is 17.3 Å². The van der Waals surface area contributed by atoms with E-state index in [2.05, 4.69) is 10.7 Å². The maximum absolute atomic E-state index is 14.6. The van der Waals surface area contributed by atoms with Crippen molar-refractivity contribution in [2.45, 2.75) is 39.2 Å². The van der Waals surface area contributed by atoms with Crippen LogP contribution in [0.1, 0.15) is 53.8 Å². The van der Waals surface area contributed by atoms with Crippen molar-refractivity contribution in [1.29, 1.82) is 0 Å². The van der Waals surface area contributed by atoms with Gasteiger partial charge >= 0.3 is 0 Å². The summed E-state index contributed by atoms with van der Waals surface area (Å²) in [5.41, 5.74) is 3.70. The minimum atomic E-state index is -0.677. The topological polar surface area (TPSA) is 63.1 Å². The Balaban J connectivity index is 1.83. The summed E-state index contributed by atoms with van der Waals surface area (Å²) >= 11 is 0. The van der Waals surface area contributed by atoms with E-state index in [9.17, 15) is 18.4 Å². The van der Waals surface area contributed by atoms with Crippen molar-refractivity contribution in [2.75, 3.05) is 12.0 Å². The number of nitrogens with one attached hydrogen (secondary N) is 2. The number of pyridine rings is 1. The quantitative estimate of drug-likeness (QED) is 0.616. The van der Waals surface area contributed by atoms with Gasteiger partial charge in [0.05, 0.1) is 22.7 Å². The number of carbonyl (C=O) groups is 1. The molecule has 1 atom stereocenters. The smallest absolute Gasteiger partial charge is 0.279 e. The molecule has 1 aliphatic carbocycles. The fraction of sp³-hybridized carbons (Fsp3) is 0.333. The molecular formula is C24H25F2N3O2. The molecule has 31 heavy (non-hydrogen) atoms. The number of hydrogen-bond donors (Lipinski definition) is 2. The number of rotatable bonds is 6. The molecule has 0 bridgehead atoms. The molecule has 162 valence electrons. The minimum Gasteiger partial charge on any atom is -0.345 e. The van der Waals surface area contributed by atoms with Crippen molar-refractivity contribution in [2.24, 2.45) is 5.92 Å². The molecule has 1 aliphatic rings. The number of aromatic nitrogens is 1. The van der Waals surface area contributed by atoms with E-state index in [1.54, 1.807) is 25.1 Å². The van der Waals surface area contributed by atoms with Gasteiger partial charge in [-0.2, -0.15) is 0 Å². The summed E-state index contributed by atoms with van der Waals surface area (Å²) in [5.74, 6) is -1.25. The van der Waals surface area contributed by atoms with Crippen LogP contribution >= 0.6 is 0 Å². The molecule has 0 aliphatic heterocycles. The van der Waals surface area contributed by atoms with Gasteiger partial charge in [-0.15, -0.1) is 0 Å². The Morgan fingerprint density at radius 2 is 1.94 bits per heavy atom. The summed E-state index contributed by atoms with van der Waals surface area (Å²) < 4.78 is 29.7. The second-order valence-electron chi connectivity index (χ2n) is 7.97. The van der Waals surface area contributed by atoms with Crippen LogP contribution in [-0.2, 0) is 0 Å². The van der Waals surface area contributed by atoms with Crippen LogP contribution in [0.3, 0.4) is 0 Å². The lowest BCUT2D eigenvalue weighted by Crippen LogP contribution is -2.39. The lowest BCUT2D eigenvalue weighted by Gasteiger charge is -2.35. The third-order valence-corrected chi connectivity index (χ3v) is 6.06. The van der Waals surface area contributed by atoms with Crippen molar-refractivity contribution in [1.82, 2.24) is 9.99 Å². The number of benzene rings is 2. The molecule has 0 spiro atoms. The molecule has 3 aromatic rings. The van der Waals surface area contributed by atoms with Crippen LogP contribution in [0.2, 0.25) is 0 Å². The molecule has 1 heterocycles. The molecule has 1 aromatic heterocycles. The summed E-state index contributed by atoms with van der Waals surface area (Å²) in [6, 6.07) is 10.2. The van der Waals surface area contributed by atoms with Crippen molar-refractivity contribution >= 4 is 16.7 Å². The average Bonchev–Trinajstić information content (AvgIpc) is 2.69. The highest BCUT2D eigenvalue weighted by atomic mass is 19.1. The third kappa shape index (κ3) is 3.80. The summed E-state index contributed by atoms with van der Waals surface area (Å²) in [6.45, 7) is 3.90. The standard InChI is InChI=1S/C24H25F2N3O2/c1-3-27-29-14(2)20(18-11-6-12-19(26)21(18)24(29)31)23(30)28-22(15-7-4-8-15)16-9-5-10-17(25)13-16/h5-6,9-13,15,22,27H,3-4,7-8H2,1-2H3,(H,28,30)/t22-/m0/s1/i26-1. The van der Waals surface area contributed by atoms with Gasteiger partial charge in [0.15, 0.2) is 0 Å². The molecular weight excluding hydrogens is 399 g/mol. The highest BCUT2D eigenvalue weighted by molar-refractivity contribution is 6.08. The molecule has 0 radical (unpaired) electrons. The van der Waals surface area contributed by atoms with Crippen LogP contribution in [0, 0.1) is 24.5 Å². The van der Waals surface area contributed by atoms with Crippen LogP contribution in [0.4, 0.5) is 8.78 Å². The zero-order chi connectivity index (χ0) is 22.1. The molecule has 5 nitrogen and oxygen atoms in total. The van der Waals surface area contributed by atoms with Crippen molar-refractivity contribution in [3.8, 4) is 0 Å². The fourth-order valence-electron chi connectivity index (χ4n) is 4.32. The average molecular weight is 424 g/mol. The van der Waals surface area contributed by atoms with Crippen molar-refractivity contribution in [3.63, 3.8) is 0 Å². The Morgan fingerprint density at radius 3 is 2.58 bits per heavy atom. The van der Waals surface area contributed by atoms with Crippen LogP contribution < -0.4 is 16.3 Å². The number of amides is 1. The molecule has 2 N–H and O–H groups in total. The number of halogens is 2. The second kappa shape index (κ2) is 8.49. The van der Waals surface area contributed by atoms with Gasteiger partial charge in [-0.1, -0.05) is 30.7 Å². The molecule has 1 fully saturated rings. The molecule has 0 saturated heterocycles. The maximum Gasteiger partial charge on any atom is 0.279 e. The first kappa shape index (κ1) is 21.0. The lowest BCUT2D eigenvalue weighted by atomic mass is 9.77. The third-order valence-electron chi connectivity index (χ3n) is 6.06. The summed E-state index contributed by atoms with van der Waals surface area (Å²) in [5, 5.41) is 3.18. The van der Waals surface area contributed by atoms with Gasteiger partial charge in [0.25, 0.3) is 11.5 Å². The number of nitrogens with zero attached hydrogens (tertiary/aromatic N) is 1. The zero-order valence-corrected chi connectivity index (χ0v) is 17.5. The largest absolute Gasteiger partial charge is 0.345 e. The van der Waals surface area contributed by atoms with Crippen molar-refractivity contribution in [3.05, 3.63) is 81.3 Å². The maximum atomic E-state index is 14.6. The fourth-order valence-corrected chi connectivity index (χ4v) is 4.32. The number of fused-ring (bicyclic) bond motifs is 1. The van der Waals surface area contributed by atoms with Crippen LogP contribution in [0.15, 0.2) is 47.3 Å². The first-order chi connectivity index (χ1) is 14.9. The van der Waals surface area contributed by atoms with Gasteiger partial charge in [0, 0.05) is 11.9 Å². The highest BCUT2D eigenvalue weighted by Crippen LogP contribution is 2.38. The zero-order valence-electron chi connectivity index (χ0n) is 17.5. The second-order valence-corrected chi connectivity index (χ2v) is 7.97. The molecule has 1 amide bonds. The predicted molar refractivity (Wildman–Crippen MR) is 117 cm³/mol.